The zero-order valence-electron chi connectivity index (χ0n) is 21.4. The molecule has 0 saturated heterocycles. The summed E-state index contributed by atoms with van der Waals surface area (Å²) in [5.74, 6) is 0.856. The first kappa shape index (κ1) is 31.1. The van der Waals surface area contributed by atoms with Crippen LogP contribution in [0.3, 0.4) is 0 Å². The van der Waals surface area contributed by atoms with Crippen LogP contribution in [0.2, 0.25) is 5.02 Å². The van der Waals surface area contributed by atoms with Crippen molar-refractivity contribution in [3.8, 4) is 11.5 Å². The number of nitrogens with zero attached hydrogens (tertiary/aromatic N) is 3. The van der Waals surface area contributed by atoms with Gasteiger partial charge in [0.1, 0.15) is 17.0 Å². The summed E-state index contributed by atoms with van der Waals surface area (Å²) in [4.78, 5) is 22.1. The lowest BCUT2D eigenvalue weighted by Gasteiger charge is -2.24. The maximum atomic E-state index is 13.4. The van der Waals surface area contributed by atoms with E-state index >= 15 is 0 Å². The molecule has 3 aromatic rings. The molecule has 1 heterocycles. The van der Waals surface area contributed by atoms with E-state index in [2.05, 4.69) is 23.7 Å². The number of anilines is 1. The first-order valence-corrected chi connectivity index (χ1v) is 14.6. The van der Waals surface area contributed by atoms with Crippen LogP contribution < -0.4 is 14.4 Å². The second-order valence-corrected chi connectivity index (χ2v) is 11.6. The Morgan fingerprint density at radius 3 is 2.30 bits per heavy atom. The van der Waals surface area contributed by atoms with Crippen molar-refractivity contribution < 1.29 is 22.7 Å². The van der Waals surface area contributed by atoms with Crippen LogP contribution in [0.15, 0.2) is 41.3 Å². The molecule has 1 aromatic heterocycles. The van der Waals surface area contributed by atoms with Crippen LogP contribution >= 0.6 is 35.3 Å². The lowest BCUT2D eigenvalue weighted by molar-refractivity contribution is -0.118. The minimum Gasteiger partial charge on any atom is -0.497 e. The van der Waals surface area contributed by atoms with E-state index in [1.807, 2.05) is 0 Å². The van der Waals surface area contributed by atoms with Crippen LogP contribution in [0.4, 0.5) is 5.13 Å². The van der Waals surface area contributed by atoms with E-state index in [9.17, 15) is 13.2 Å². The quantitative estimate of drug-likeness (QED) is 0.266. The molecule has 37 heavy (non-hydrogen) atoms. The third-order valence-electron chi connectivity index (χ3n) is 5.96. The molecule has 2 aromatic carbocycles. The zero-order chi connectivity index (χ0) is 26.3. The number of aromatic nitrogens is 1. The number of fused-ring (bicyclic) bond motifs is 1. The van der Waals surface area contributed by atoms with Crippen LogP contribution in [0, 0.1) is 0 Å². The third-order valence-corrected chi connectivity index (χ3v) is 9.31. The van der Waals surface area contributed by atoms with Crippen molar-refractivity contribution in [2.75, 3.05) is 51.1 Å². The number of amides is 1. The third kappa shape index (κ3) is 7.70. The number of ether oxygens (including phenoxy) is 2. The second-order valence-electron chi connectivity index (χ2n) is 8.09. The van der Waals surface area contributed by atoms with Crippen molar-refractivity contribution in [3.05, 3.63) is 41.4 Å². The molecular formula is C25H33Cl2N3O5S2. The first-order valence-electron chi connectivity index (χ1n) is 11.8. The summed E-state index contributed by atoms with van der Waals surface area (Å²) in [6.07, 6.45) is 0.276. The highest BCUT2D eigenvalue weighted by atomic mass is 35.5. The molecular weight excluding hydrogens is 557 g/mol. The summed E-state index contributed by atoms with van der Waals surface area (Å²) >= 11 is 7.73. The molecule has 0 radical (unpaired) electrons. The van der Waals surface area contributed by atoms with Crippen LogP contribution in [-0.2, 0) is 14.6 Å². The molecule has 8 nitrogen and oxygen atoms in total. The molecule has 0 fully saturated rings. The Hall–Kier alpha value is -2.11. The average molecular weight is 591 g/mol. The second kappa shape index (κ2) is 14.2. The summed E-state index contributed by atoms with van der Waals surface area (Å²) in [5, 5.41) is 1.06. The van der Waals surface area contributed by atoms with Crippen molar-refractivity contribution in [1.29, 1.82) is 0 Å². The van der Waals surface area contributed by atoms with Crippen molar-refractivity contribution >= 4 is 66.4 Å². The van der Waals surface area contributed by atoms with Gasteiger partial charge in [-0.05, 0) is 55.9 Å². The number of carbonyl (C=O) groups excluding carboxylic acids is 1. The van der Waals surface area contributed by atoms with Gasteiger partial charge in [-0.3, -0.25) is 9.69 Å². The smallest absolute Gasteiger partial charge is 0.228 e. The van der Waals surface area contributed by atoms with E-state index in [0.717, 1.165) is 17.8 Å². The molecule has 0 atom stereocenters. The molecule has 12 heteroatoms. The molecule has 1 amide bonds. The molecule has 0 bridgehead atoms. The fraction of sp³-hybridized carbons (Fsp3) is 0.440. The summed E-state index contributed by atoms with van der Waals surface area (Å²) in [7, 11) is -0.433. The van der Waals surface area contributed by atoms with E-state index in [1.54, 1.807) is 36.3 Å². The fourth-order valence-corrected chi connectivity index (χ4v) is 6.39. The number of methoxy groups -OCH3 is 2. The number of likely N-dealkylation sites (N-methyl/N-ethyl adjacent to an activating group) is 1. The van der Waals surface area contributed by atoms with Gasteiger partial charge in [0.2, 0.25) is 5.91 Å². The minimum absolute atomic E-state index is 0. The standard InChI is InChI=1S/C25H32ClN3O5S2.ClH/c1-5-28(6-2)15-16-29(25-27-23-21(34-4)14-13-20(26)24(23)35-25)22(30)8-7-17-36(31,32)19-11-9-18(33-3)10-12-19;/h9-14H,5-8,15-17H2,1-4H3;1H. The largest absolute Gasteiger partial charge is 0.497 e. The predicted octanol–water partition coefficient (Wildman–Crippen LogP) is 5.32. The minimum atomic E-state index is -3.52. The summed E-state index contributed by atoms with van der Waals surface area (Å²) in [6, 6.07) is 9.76. The molecule has 3 rings (SSSR count). The number of thiazole rings is 1. The maximum absolute atomic E-state index is 13.4. The van der Waals surface area contributed by atoms with Crippen LogP contribution in [0.5, 0.6) is 11.5 Å². The Morgan fingerprint density at radius 2 is 1.70 bits per heavy atom. The molecule has 0 aliphatic rings. The topological polar surface area (TPSA) is 89.0 Å². The monoisotopic (exact) mass is 589 g/mol. The molecule has 0 saturated carbocycles. The van der Waals surface area contributed by atoms with Crippen molar-refractivity contribution in [2.24, 2.45) is 0 Å². The number of benzene rings is 2. The zero-order valence-corrected chi connectivity index (χ0v) is 24.6. The van der Waals surface area contributed by atoms with Gasteiger partial charge in [0.15, 0.2) is 15.0 Å². The molecule has 0 N–H and O–H groups in total. The van der Waals surface area contributed by atoms with Gasteiger partial charge in [0.05, 0.1) is 34.6 Å². The number of halogens is 2. The summed E-state index contributed by atoms with van der Waals surface area (Å²) in [6.45, 7) is 6.97. The Balaban J connectivity index is 0.00000481. The van der Waals surface area contributed by atoms with Gasteiger partial charge in [-0.1, -0.05) is 36.8 Å². The highest BCUT2D eigenvalue weighted by Gasteiger charge is 2.23. The molecule has 0 spiro atoms. The average Bonchev–Trinajstić information content (AvgIpc) is 3.33. The maximum Gasteiger partial charge on any atom is 0.228 e. The van der Waals surface area contributed by atoms with Gasteiger partial charge in [0.25, 0.3) is 0 Å². The van der Waals surface area contributed by atoms with Crippen LogP contribution in [-0.4, -0.2) is 70.4 Å². The molecule has 204 valence electrons. The lowest BCUT2D eigenvalue weighted by Crippen LogP contribution is -2.38. The number of sulfone groups is 1. The highest BCUT2D eigenvalue weighted by molar-refractivity contribution is 7.91. The van der Waals surface area contributed by atoms with Gasteiger partial charge < -0.3 is 14.4 Å². The Bertz CT molecular complexity index is 1280. The van der Waals surface area contributed by atoms with E-state index in [0.29, 0.717) is 40.3 Å². The van der Waals surface area contributed by atoms with Gasteiger partial charge in [-0.2, -0.15) is 0 Å². The van der Waals surface area contributed by atoms with E-state index in [-0.39, 0.29) is 41.8 Å². The van der Waals surface area contributed by atoms with Gasteiger partial charge in [-0.25, -0.2) is 13.4 Å². The van der Waals surface area contributed by atoms with E-state index in [1.165, 1.54) is 30.6 Å². The normalized spacial score (nSPS) is 11.4. The van der Waals surface area contributed by atoms with Crippen molar-refractivity contribution in [3.63, 3.8) is 0 Å². The van der Waals surface area contributed by atoms with Crippen LogP contribution in [0.1, 0.15) is 26.7 Å². The number of rotatable bonds is 13. The van der Waals surface area contributed by atoms with E-state index in [4.69, 9.17) is 21.1 Å². The molecule has 0 aliphatic heterocycles. The van der Waals surface area contributed by atoms with Crippen molar-refractivity contribution in [1.82, 2.24) is 9.88 Å². The number of carbonyl (C=O) groups is 1. The summed E-state index contributed by atoms with van der Waals surface area (Å²) < 4.78 is 36.8. The fourth-order valence-electron chi connectivity index (χ4n) is 3.78. The van der Waals surface area contributed by atoms with Crippen LogP contribution in [0.25, 0.3) is 10.2 Å². The SMILES string of the molecule is CCN(CC)CCN(C(=O)CCCS(=O)(=O)c1ccc(OC)cc1)c1nc2c(OC)ccc(Cl)c2s1.Cl. The molecule has 0 aliphatic carbocycles. The van der Waals surface area contributed by atoms with Gasteiger partial charge in [0, 0.05) is 19.5 Å². The predicted molar refractivity (Wildman–Crippen MR) is 153 cm³/mol. The van der Waals surface area contributed by atoms with Gasteiger partial charge in [-0.15, -0.1) is 12.4 Å². The summed E-state index contributed by atoms with van der Waals surface area (Å²) in [5.41, 5.74) is 0.604. The lowest BCUT2D eigenvalue weighted by atomic mass is 10.3. The van der Waals surface area contributed by atoms with Crippen molar-refractivity contribution in [2.45, 2.75) is 31.6 Å². The first-order chi connectivity index (χ1) is 17.2. The molecule has 0 unspecified atom stereocenters. The highest BCUT2D eigenvalue weighted by Crippen LogP contribution is 2.39. The number of hydrogen-bond donors (Lipinski definition) is 0. The Kier molecular flexibility index (Phi) is 11.9. The van der Waals surface area contributed by atoms with Gasteiger partial charge >= 0.3 is 0 Å². The Labute approximate surface area is 233 Å². The Morgan fingerprint density at radius 1 is 1.03 bits per heavy atom. The van der Waals surface area contributed by atoms with E-state index < -0.39 is 9.84 Å². The number of hydrogen-bond acceptors (Lipinski definition) is 8.